The second kappa shape index (κ2) is 7.05. The Bertz CT molecular complexity index is 706. The Balaban J connectivity index is 2.37. The molecule has 0 aromatic heterocycles. The number of hydrogen-bond donors (Lipinski definition) is 1. The van der Waals surface area contributed by atoms with E-state index in [1.165, 1.54) is 29.2 Å². The largest absolute Gasteiger partial charge is 0.370 e. The van der Waals surface area contributed by atoms with E-state index in [9.17, 15) is 14.0 Å². The lowest BCUT2D eigenvalue weighted by molar-refractivity contribution is -0.117. The highest BCUT2D eigenvalue weighted by Crippen LogP contribution is 2.20. The lowest BCUT2D eigenvalue weighted by atomic mass is 10.1. The van der Waals surface area contributed by atoms with Crippen molar-refractivity contribution in [3.63, 3.8) is 0 Å². The lowest BCUT2D eigenvalue weighted by Crippen LogP contribution is -2.34. The fourth-order valence-corrected chi connectivity index (χ4v) is 2.44. The molecule has 0 aliphatic rings. The molecule has 2 rings (SSSR count). The molecule has 2 N–H and O–H groups in total. The summed E-state index contributed by atoms with van der Waals surface area (Å²) in [5.74, 6) is -1.13. The van der Waals surface area contributed by atoms with Gasteiger partial charge in [0.05, 0.1) is 0 Å². The minimum Gasteiger partial charge on any atom is -0.370 e. The summed E-state index contributed by atoms with van der Waals surface area (Å²) in [7, 11) is 0. The van der Waals surface area contributed by atoms with Crippen LogP contribution in [0.2, 0.25) is 0 Å². The fraction of sp³-hybridized carbons (Fsp3) is 0.222. The molecule has 0 spiro atoms. The lowest BCUT2D eigenvalue weighted by Gasteiger charge is -2.23. The van der Waals surface area contributed by atoms with Crippen molar-refractivity contribution in [1.29, 1.82) is 0 Å². The molecule has 120 valence electrons. The van der Waals surface area contributed by atoms with Crippen LogP contribution in [0.4, 0.5) is 10.1 Å². The third kappa shape index (κ3) is 4.39. The van der Waals surface area contributed by atoms with Gasteiger partial charge in [-0.3, -0.25) is 9.59 Å². The number of hydrogen-bond acceptors (Lipinski definition) is 2. The van der Waals surface area contributed by atoms with Crippen molar-refractivity contribution in [2.45, 2.75) is 20.3 Å². The number of nitrogens with zero attached hydrogens (tertiary/aromatic N) is 1. The highest BCUT2D eigenvalue weighted by molar-refractivity contribution is 6.06. The molecule has 0 bridgehead atoms. The molecule has 0 unspecified atom stereocenters. The van der Waals surface area contributed by atoms with Gasteiger partial charge in [0.2, 0.25) is 5.91 Å². The molecule has 0 aliphatic carbocycles. The monoisotopic (exact) mass is 314 g/mol. The first kappa shape index (κ1) is 16.7. The summed E-state index contributed by atoms with van der Waals surface area (Å²) in [6.07, 6.45) is 0.0356. The zero-order valence-electron chi connectivity index (χ0n) is 13.2. The van der Waals surface area contributed by atoms with Crippen molar-refractivity contribution >= 4 is 17.5 Å². The average Bonchev–Trinajstić information content (AvgIpc) is 2.47. The third-order valence-corrected chi connectivity index (χ3v) is 3.43. The molecule has 2 aromatic rings. The number of anilines is 1. The van der Waals surface area contributed by atoms with Crippen molar-refractivity contribution in [2.24, 2.45) is 5.73 Å². The van der Waals surface area contributed by atoms with Gasteiger partial charge in [0.1, 0.15) is 5.82 Å². The van der Waals surface area contributed by atoms with E-state index in [2.05, 4.69) is 0 Å². The molecule has 4 nitrogen and oxygen atoms in total. The van der Waals surface area contributed by atoms with Crippen LogP contribution in [0.5, 0.6) is 0 Å². The minimum absolute atomic E-state index is 0.0356. The van der Waals surface area contributed by atoms with E-state index in [0.717, 1.165) is 11.1 Å². The Hall–Kier alpha value is -2.69. The van der Waals surface area contributed by atoms with Gasteiger partial charge in [0.25, 0.3) is 5.91 Å². The molecule has 0 saturated carbocycles. The number of aryl methyl sites for hydroxylation is 2. The van der Waals surface area contributed by atoms with Gasteiger partial charge in [-0.1, -0.05) is 17.2 Å². The predicted octanol–water partition coefficient (Wildman–Crippen LogP) is 2.96. The number of halogens is 1. The van der Waals surface area contributed by atoms with E-state index < -0.39 is 5.91 Å². The maximum absolute atomic E-state index is 13.1. The van der Waals surface area contributed by atoms with Gasteiger partial charge in [0.15, 0.2) is 0 Å². The summed E-state index contributed by atoms with van der Waals surface area (Å²) in [6, 6.07) is 11.1. The van der Waals surface area contributed by atoms with Crippen molar-refractivity contribution in [1.82, 2.24) is 0 Å². The van der Waals surface area contributed by atoms with Crippen LogP contribution in [-0.2, 0) is 4.79 Å². The normalized spacial score (nSPS) is 10.4. The number of primary amides is 1. The van der Waals surface area contributed by atoms with Crippen molar-refractivity contribution < 1.29 is 14.0 Å². The number of carbonyl (C=O) groups excluding carboxylic acids is 2. The number of carbonyl (C=O) groups is 2. The van der Waals surface area contributed by atoms with Crippen LogP contribution in [0.15, 0.2) is 42.5 Å². The van der Waals surface area contributed by atoms with Crippen LogP contribution in [0, 0.1) is 19.7 Å². The maximum Gasteiger partial charge on any atom is 0.258 e. The van der Waals surface area contributed by atoms with Crippen LogP contribution in [0.25, 0.3) is 0 Å². The zero-order chi connectivity index (χ0) is 17.0. The summed E-state index contributed by atoms with van der Waals surface area (Å²) in [6.45, 7) is 3.97. The maximum atomic E-state index is 13.1. The van der Waals surface area contributed by atoms with Crippen molar-refractivity contribution in [3.05, 3.63) is 65.0 Å². The third-order valence-electron chi connectivity index (χ3n) is 3.43. The Morgan fingerprint density at radius 3 is 2.13 bits per heavy atom. The first-order chi connectivity index (χ1) is 10.9. The molecule has 0 radical (unpaired) electrons. The molecular formula is C18H19FN2O2. The Labute approximate surface area is 134 Å². The van der Waals surface area contributed by atoms with E-state index >= 15 is 0 Å². The quantitative estimate of drug-likeness (QED) is 0.922. The van der Waals surface area contributed by atoms with Crippen LogP contribution in [0.1, 0.15) is 27.9 Å². The molecule has 2 amide bonds. The molecule has 2 aromatic carbocycles. The second-order valence-electron chi connectivity index (χ2n) is 5.53. The summed E-state index contributed by atoms with van der Waals surface area (Å²) in [5, 5.41) is 0. The van der Waals surface area contributed by atoms with Crippen molar-refractivity contribution in [3.8, 4) is 0 Å². The van der Waals surface area contributed by atoms with E-state index in [-0.39, 0.29) is 24.7 Å². The predicted molar refractivity (Wildman–Crippen MR) is 87.8 cm³/mol. The van der Waals surface area contributed by atoms with Crippen LogP contribution in [-0.4, -0.2) is 18.4 Å². The van der Waals surface area contributed by atoms with E-state index in [1.54, 1.807) is 12.1 Å². The van der Waals surface area contributed by atoms with E-state index in [4.69, 9.17) is 5.73 Å². The Morgan fingerprint density at radius 2 is 1.61 bits per heavy atom. The summed E-state index contributed by atoms with van der Waals surface area (Å²) >= 11 is 0. The Morgan fingerprint density at radius 1 is 1.04 bits per heavy atom. The molecule has 0 fully saturated rings. The second-order valence-corrected chi connectivity index (χ2v) is 5.53. The minimum atomic E-state index is -0.495. The topological polar surface area (TPSA) is 63.4 Å². The van der Waals surface area contributed by atoms with E-state index in [1.807, 2.05) is 19.9 Å². The number of amides is 2. The molecule has 5 heteroatoms. The van der Waals surface area contributed by atoms with Crippen LogP contribution in [0.3, 0.4) is 0 Å². The SMILES string of the molecule is Cc1cc(C)cc(C(=O)N(CCC(N)=O)c2ccc(F)cc2)c1. The molecule has 0 atom stereocenters. The summed E-state index contributed by atoms with van der Waals surface area (Å²) in [4.78, 5) is 25.4. The first-order valence-electron chi connectivity index (χ1n) is 7.31. The smallest absolute Gasteiger partial charge is 0.258 e. The molecular weight excluding hydrogens is 295 g/mol. The van der Waals surface area contributed by atoms with Gasteiger partial charge in [-0.2, -0.15) is 0 Å². The fourth-order valence-electron chi connectivity index (χ4n) is 2.44. The van der Waals surface area contributed by atoms with Gasteiger partial charge < -0.3 is 10.6 Å². The van der Waals surface area contributed by atoms with Gasteiger partial charge >= 0.3 is 0 Å². The van der Waals surface area contributed by atoms with Gasteiger partial charge in [-0.15, -0.1) is 0 Å². The Kier molecular flexibility index (Phi) is 5.11. The van der Waals surface area contributed by atoms with Crippen LogP contribution >= 0.6 is 0 Å². The number of nitrogens with two attached hydrogens (primary N) is 1. The van der Waals surface area contributed by atoms with Gasteiger partial charge in [-0.25, -0.2) is 4.39 Å². The highest BCUT2D eigenvalue weighted by Gasteiger charge is 2.19. The van der Waals surface area contributed by atoms with Crippen molar-refractivity contribution in [2.75, 3.05) is 11.4 Å². The average molecular weight is 314 g/mol. The number of benzene rings is 2. The molecule has 0 aliphatic heterocycles. The highest BCUT2D eigenvalue weighted by atomic mass is 19.1. The molecule has 0 saturated heterocycles. The van der Waals surface area contributed by atoms with Gasteiger partial charge in [-0.05, 0) is 50.2 Å². The molecule has 23 heavy (non-hydrogen) atoms. The van der Waals surface area contributed by atoms with Crippen LogP contribution < -0.4 is 10.6 Å². The summed E-state index contributed by atoms with van der Waals surface area (Å²) < 4.78 is 13.1. The standard InChI is InChI=1S/C18H19FN2O2/c1-12-9-13(2)11-14(10-12)18(23)21(8-7-17(20)22)16-5-3-15(19)4-6-16/h3-6,9-11H,7-8H2,1-2H3,(H2,20,22). The first-order valence-corrected chi connectivity index (χ1v) is 7.31. The summed E-state index contributed by atoms with van der Waals surface area (Å²) in [5.41, 5.74) is 8.19. The van der Waals surface area contributed by atoms with E-state index in [0.29, 0.717) is 11.3 Å². The van der Waals surface area contributed by atoms with Gasteiger partial charge in [0, 0.05) is 24.2 Å². The number of rotatable bonds is 5. The zero-order valence-corrected chi connectivity index (χ0v) is 13.2. The molecule has 0 heterocycles.